The maximum absolute atomic E-state index is 12.7. The van der Waals surface area contributed by atoms with E-state index in [1.54, 1.807) is 50.5 Å². The first-order valence-electron chi connectivity index (χ1n) is 9.00. The maximum atomic E-state index is 12.7. The molecule has 0 saturated heterocycles. The Balaban J connectivity index is 1.81. The summed E-state index contributed by atoms with van der Waals surface area (Å²) in [6.07, 6.45) is 0.245. The van der Waals surface area contributed by atoms with Crippen molar-refractivity contribution in [2.24, 2.45) is 11.0 Å². The molecule has 0 spiro atoms. The number of hydrogen-bond donors (Lipinski definition) is 1. The van der Waals surface area contributed by atoms with Crippen molar-refractivity contribution in [1.82, 2.24) is 9.91 Å². The molecule has 0 saturated carbocycles. The monoisotopic (exact) mass is 409 g/mol. The number of carbonyl (C=O) groups excluding carboxylic acids is 2. The third-order valence-corrected chi connectivity index (χ3v) is 4.82. The van der Waals surface area contributed by atoms with E-state index in [2.05, 4.69) is 10.4 Å². The van der Waals surface area contributed by atoms with Crippen molar-refractivity contribution in [3.05, 3.63) is 64.7 Å². The SMILES string of the molecule is CN(C)C(=O)CC1CN(C(=O)Nc2ccc(C#N)cc2)N=C1c1ccc(Cl)cc1. The zero-order valence-electron chi connectivity index (χ0n) is 16.1. The van der Waals surface area contributed by atoms with E-state index in [-0.39, 0.29) is 18.2 Å². The molecule has 7 nitrogen and oxygen atoms in total. The van der Waals surface area contributed by atoms with Gasteiger partial charge in [-0.15, -0.1) is 0 Å². The number of halogens is 1. The van der Waals surface area contributed by atoms with E-state index in [1.165, 1.54) is 9.91 Å². The zero-order chi connectivity index (χ0) is 21.0. The number of benzene rings is 2. The summed E-state index contributed by atoms with van der Waals surface area (Å²) in [6, 6.07) is 15.4. The fourth-order valence-electron chi connectivity index (χ4n) is 2.96. The van der Waals surface area contributed by atoms with Crippen molar-refractivity contribution >= 4 is 34.9 Å². The first-order chi connectivity index (χ1) is 13.9. The predicted octanol–water partition coefficient (Wildman–Crippen LogP) is 3.56. The average Bonchev–Trinajstić information content (AvgIpc) is 3.13. The molecule has 1 aliphatic rings. The Morgan fingerprint density at radius 2 is 1.86 bits per heavy atom. The fourth-order valence-corrected chi connectivity index (χ4v) is 3.09. The number of amides is 3. The zero-order valence-corrected chi connectivity index (χ0v) is 16.8. The van der Waals surface area contributed by atoms with Gasteiger partial charge in [0.25, 0.3) is 0 Å². The Labute approximate surface area is 174 Å². The molecule has 3 amide bonds. The van der Waals surface area contributed by atoms with Gasteiger partial charge in [-0.2, -0.15) is 10.4 Å². The lowest BCUT2D eigenvalue weighted by atomic mass is 9.94. The number of hydrogen-bond acceptors (Lipinski definition) is 4. The van der Waals surface area contributed by atoms with Crippen LogP contribution in [0.25, 0.3) is 0 Å². The summed E-state index contributed by atoms with van der Waals surface area (Å²) in [6.45, 7) is 0.291. The Morgan fingerprint density at radius 1 is 1.21 bits per heavy atom. The topological polar surface area (TPSA) is 88.8 Å². The van der Waals surface area contributed by atoms with Crippen LogP contribution in [0.5, 0.6) is 0 Å². The summed E-state index contributed by atoms with van der Waals surface area (Å²) in [7, 11) is 3.40. The number of anilines is 1. The molecule has 148 valence electrons. The van der Waals surface area contributed by atoms with Crippen LogP contribution in [0.4, 0.5) is 10.5 Å². The Morgan fingerprint density at radius 3 is 2.45 bits per heavy atom. The van der Waals surface area contributed by atoms with Gasteiger partial charge in [-0.1, -0.05) is 23.7 Å². The number of rotatable bonds is 4. The third kappa shape index (κ3) is 4.92. The Bertz CT molecular complexity index is 978. The lowest BCUT2D eigenvalue weighted by molar-refractivity contribution is -0.129. The summed E-state index contributed by atoms with van der Waals surface area (Å²) in [5.74, 6) is -0.260. The first-order valence-corrected chi connectivity index (χ1v) is 9.38. The van der Waals surface area contributed by atoms with Crippen molar-refractivity contribution in [3.8, 4) is 6.07 Å². The van der Waals surface area contributed by atoms with Gasteiger partial charge in [0.1, 0.15) is 0 Å². The summed E-state index contributed by atoms with van der Waals surface area (Å²) in [5.41, 5.74) is 2.56. The van der Waals surface area contributed by atoms with Crippen LogP contribution < -0.4 is 5.32 Å². The summed E-state index contributed by atoms with van der Waals surface area (Å²) >= 11 is 5.98. The van der Waals surface area contributed by atoms with Crippen LogP contribution in [0.3, 0.4) is 0 Å². The molecule has 8 heteroatoms. The smallest absolute Gasteiger partial charge is 0.342 e. The van der Waals surface area contributed by atoms with Crippen LogP contribution in [0.2, 0.25) is 5.02 Å². The van der Waals surface area contributed by atoms with E-state index >= 15 is 0 Å². The number of nitriles is 1. The van der Waals surface area contributed by atoms with Crippen molar-refractivity contribution in [1.29, 1.82) is 5.26 Å². The lowest BCUT2D eigenvalue weighted by Gasteiger charge is -2.17. The van der Waals surface area contributed by atoms with Crippen LogP contribution in [-0.2, 0) is 4.79 Å². The third-order valence-electron chi connectivity index (χ3n) is 4.57. The molecule has 1 heterocycles. The first kappa shape index (κ1) is 20.4. The van der Waals surface area contributed by atoms with Crippen LogP contribution in [0, 0.1) is 17.2 Å². The van der Waals surface area contributed by atoms with E-state index in [0.29, 0.717) is 28.5 Å². The number of hydrazone groups is 1. The minimum absolute atomic E-state index is 0.0361. The summed E-state index contributed by atoms with van der Waals surface area (Å²) in [5, 5.41) is 18.1. The van der Waals surface area contributed by atoms with Crippen LogP contribution >= 0.6 is 11.6 Å². The standard InChI is InChI=1S/C21H20ClN5O2/c1-26(2)19(28)11-16-13-27(25-20(16)15-5-7-17(22)8-6-15)21(29)24-18-9-3-14(12-23)4-10-18/h3-10,16H,11,13H2,1-2H3,(H,24,29). The number of urea groups is 1. The van der Waals surface area contributed by atoms with Crippen LogP contribution in [-0.4, -0.2) is 48.2 Å². The molecule has 0 fully saturated rings. The van der Waals surface area contributed by atoms with Gasteiger partial charge >= 0.3 is 6.03 Å². The Kier molecular flexibility index (Phi) is 6.15. The van der Waals surface area contributed by atoms with Gasteiger partial charge in [0.15, 0.2) is 0 Å². The molecular weight excluding hydrogens is 390 g/mol. The maximum Gasteiger partial charge on any atom is 0.342 e. The highest BCUT2D eigenvalue weighted by atomic mass is 35.5. The molecular formula is C21H20ClN5O2. The van der Waals surface area contributed by atoms with Gasteiger partial charge in [0, 0.05) is 37.1 Å². The second kappa shape index (κ2) is 8.76. The molecule has 1 N–H and O–H groups in total. The number of nitrogens with zero attached hydrogens (tertiary/aromatic N) is 4. The second-order valence-corrected chi connectivity index (χ2v) is 7.32. The second-order valence-electron chi connectivity index (χ2n) is 6.88. The van der Waals surface area contributed by atoms with Crippen molar-refractivity contribution in [2.45, 2.75) is 6.42 Å². The number of carbonyl (C=O) groups is 2. The van der Waals surface area contributed by atoms with Crippen LogP contribution in [0.1, 0.15) is 17.5 Å². The molecule has 0 bridgehead atoms. The highest BCUT2D eigenvalue weighted by Crippen LogP contribution is 2.25. The molecule has 0 radical (unpaired) electrons. The molecule has 1 atom stereocenters. The molecule has 1 unspecified atom stereocenters. The summed E-state index contributed by atoms with van der Waals surface area (Å²) in [4.78, 5) is 26.5. The van der Waals surface area contributed by atoms with Gasteiger partial charge < -0.3 is 10.2 Å². The van der Waals surface area contributed by atoms with E-state index in [4.69, 9.17) is 16.9 Å². The summed E-state index contributed by atoms with van der Waals surface area (Å²) < 4.78 is 0. The predicted molar refractivity (Wildman–Crippen MR) is 112 cm³/mol. The normalized spacial score (nSPS) is 15.4. The van der Waals surface area contributed by atoms with Crippen LogP contribution in [0.15, 0.2) is 53.6 Å². The fraction of sp³-hybridized carbons (Fsp3) is 0.238. The van der Waals surface area contributed by atoms with Crippen molar-refractivity contribution < 1.29 is 9.59 Å². The van der Waals surface area contributed by atoms with E-state index in [1.807, 2.05) is 18.2 Å². The van der Waals surface area contributed by atoms with Gasteiger partial charge in [0.2, 0.25) is 5.91 Å². The van der Waals surface area contributed by atoms with Crippen molar-refractivity contribution in [3.63, 3.8) is 0 Å². The highest BCUT2D eigenvalue weighted by molar-refractivity contribution is 6.30. The molecule has 1 aliphatic heterocycles. The van der Waals surface area contributed by atoms with Crippen molar-refractivity contribution in [2.75, 3.05) is 26.0 Å². The van der Waals surface area contributed by atoms with Gasteiger partial charge in [-0.05, 0) is 42.0 Å². The van der Waals surface area contributed by atoms with Gasteiger partial charge in [-0.3, -0.25) is 4.79 Å². The molecule has 2 aromatic carbocycles. The minimum Gasteiger partial charge on any atom is -0.349 e. The largest absolute Gasteiger partial charge is 0.349 e. The van der Waals surface area contributed by atoms with E-state index in [9.17, 15) is 9.59 Å². The van der Waals surface area contributed by atoms with E-state index < -0.39 is 6.03 Å². The van der Waals surface area contributed by atoms with Gasteiger partial charge in [0.05, 0.1) is 23.9 Å². The molecule has 0 aromatic heterocycles. The van der Waals surface area contributed by atoms with Gasteiger partial charge in [-0.25, -0.2) is 9.80 Å². The molecule has 0 aliphatic carbocycles. The molecule has 2 aromatic rings. The number of nitrogens with one attached hydrogen (secondary N) is 1. The molecule has 29 heavy (non-hydrogen) atoms. The quantitative estimate of drug-likeness (QED) is 0.837. The molecule has 3 rings (SSSR count). The lowest BCUT2D eigenvalue weighted by Crippen LogP contribution is -2.33. The highest BCUT2D eigenvalue weighted by Gasteiger charge is 2.33. The average molecular weight is 410 g/mol. The van der Waals surface area contributed by atoms with E-state index in [0.717, 1.165) is 5.56 Å². The minimum atomic E-state index is -0.402. The Hall–Kier alpha value is -3.37.